The number of benzene rings is 3. The molecule has 0 spiro atoms. The summed E-state index contributed by atoms with van der Waals surface area (Å²) in [7, 11) is 1.56. The van der Waals surface area contributed by atoms with Crippen LogP contribution in [0, 0.1) is 0 Å². The molecule has 0 bridgehead atoms. The molecule has 0 aliphatic carbocycles. The zero-order chi connectivity index (χ0) is 22.1. The van der Waals surface area contributed by atoms with Crippen molar-refractivity contribution in [2.24, 2.45) is 0 Å². The van der Waals surface area contributed by atoms with Gasteiger partial charge in [-0.05, 0) is 43.3 Å². The second kappa shape index (κ2) is 8.07. The molecule has 2 aromatic heterocycles. The molecule has 160 valence electrons. The van der Waals surface area contributed by atoms with Gasteiger partial charge in [0.15, 0.2) is 6.10 Å². The van der Waals surface area contributed by atoms with Crippen molar-refractivity contribution in [2.45, 2.75) is 13.0 Å². The first-order chi connectivity index (χ1) is 15.6. The molecule has 0 aliphatic rings. The predicted molar refractivity (Wildman–Crippen MR) is 119 cm³/mol. The zero-order valence-corrected chi connectivity index (χ0v) is 17.4. The van der Waals surface area contributed by atoms with Gasteiger partial charge in [0.05, 0.1) is 12.8 Å². The molecule has 0 aliphatic heterocycles. The molecule has 0 unspecified atom stereocenters. The fraction of sp³-hybridized carbons (Fsp3) is 0.125. The molecule has 32 heavy (non-hydrogen) atoms. The summed E-state index contributed by atoms with van der Waals surface area (Å²) in [4.78, 5) is 12.8. The number of furan rings is 1. The monoisotopic (exact) mass is 429 g/mol. The second-order valence-electron chi connectivity index (χ2n) is 7.16. The minimum Gasteiger partial charge on any atom is -0.495 e. The van der Waals surface area contributed by atoms with Crippen LogP contribution >= 0.6 is 0 Å². The first kappa shape index (κ1) is 19.6. The standard InChI is InChI=1S/C24H19N3O5/c1-14(31-16-9-7-15(8-10-16)24-27-25-13-30-24)23(28)26-19-12-21-18(11-22(19)29-2)17-5-3-4-6-20(17)32-21/h3-14H,1-2H3,(H,26,28)/t14-/m1/s1. The Bertz CT molecular complexity index is 1390. The fourth-order valence-electron chi connectivity index (χ4n) is 3.48. The average Bonchev–Trinajstić information content (AvgIpc) is 3.47. The van der Waals surface area contributed by atoms with Gasteiger partial charge >= 0.3 is 0 Å². The molecule has 8 nitrogen and oxygen atoms in total. The SMILES string of the molecule is COc1cc2c(cc1NC(=O)[C@@H](C)Oc1ccc(-c3nnco3)cc1)oc1ccccc12. The van der Waals surface area contributed by atoms with Crippen molar-refractivity contribution < 1.29 is 23.1 Å². The van der Waals surface area contributed by atoms with E-state index in [0.29, 0.717) is 28.7 Å². The molecule has 0 radical (unpaired) electrons. The number of carbonyl (C=O) groups is 1. The van der Waals surface area contributed by atoms with Crippen LogP contribution < -0.4 is 14.8 Å². The number of amides is 1. The Kier molecular flexibility index (Phi) is 4.95. The highest BCUT2D eigenvalue weighted by Gasteiger charge is 2.19. The van der Waals surface area contributed by atoms with Gasteiger partial charge in [-0.25, -0.2) is 0 Å². The van der Waals surface area contributed by atoms with Crippen LogP contribution in [0.5, 0.6) is 11.5 Å². The molecule has 5 aromatic rings. The van der Waals surface area contributed by atoms with Crippen LogP contribution in [0.3, 0.4) is 0 Å². The van der Waals surface area contributed by atoms with E-state index in [0.717, 1.165) is 21.9 Å². The van der Waals surface area contributed by atoms with E-state index in [1.165, 1.54) is 6.39 Å². The fourth-order valence-corrected chi connectivity index (χ4v) is 3.48. The highest BCUT2D eigenvalue weighted by Crippen LogP contribution is 2.36. The van der Waals surface area contributed by atoms with Gasteiger partial charge in [0, 0.05) is 22.4 Å². The summed E-state index contributed by atoms with van der Waals surface area (Å²) in [5.41, 5.74) is 2.70. The van der Waals surface area contributed by atoms with Gasteiger partial charge in [0.25, 0.3) is 5.91 Å². The van der Waals surface area contributed by atoms with Crippen LogP contribution in [0.1, 0.15) is 6.92 Å². The van der Waals surface area contributed by atoms with Crippen LogP contribution in [0.2, 0.25) is 0 Å². The summed E-state index contributed by atoms with van der Waals surface area (Å²) in [6, 6.07) is 18.4. The molecular weight excluding hydrogens is 410 g/mol. The van der Waals surface area contributed by atoms with E-state index in [-0.39, 0.29) is 5.91 Å². The third-order valence-electron chi connectivity index (χ3n) is 5.10. The van der Waals surface area contributed by atoms with E-state index in [9.17, 15) is 4.79 Å². The quantitative estimate of drug-likeness (QED) is 0.403. The normalized spacial score (nSPS) is 12.1. The molecule has 5 rings (SSSR count). The molecule has 1 amide bonds. The number of hydrogen-bond donors (Lipinski definition) is 1. The van der Waals surface area contributed by atoms with Gasteiger partial charge in [0.1, 0.15) is 22.7 Å². The maximum absolute atomic E-state index is 12.8. The van der Waals surface area contributed by atoms with E-state index in [2.05, 4.69) is 15.5 Å². The zero-order valence-electron chi connectivity index (χ0n) is 17.4. The van der Waals surface area contributed by atoms with Gasteiger partial charge in [-0.3, -0.25) is 4.79 Å². The van der Waals surface area contributed by atoms with Crippen LogP contribution in [0.25, 0.3) is 33.4 Å². The lowest BCUT2D eigenvalue weighted by atomic mass is 10.1. The molecule has 1 N–H and O–H groups in total. The van der Waals surface area contributed by atoms with Crippen LogP contribution in [0.15, 0.2) is 75.9 Å². The lowest BCUT2D eigenvalue weighted by molar-refractivity contribution is -0.122. The van der Waals surface area contributed by atoms with Gasteiger partial charge in [-0.1, -0.05) is 18.2 Å². The Morgan fingerprint density at radius 1 is 1.03 bits per heavy atom. The highest BCUT2D eigenvalue weighted by molar-refractivity contribution is 6.08. The largest absolute Gasteiger partial charge is 0.495 e. The van der Waals surface area contributed by atoms with Crippen LogP contribution in [0.4, 0.5) is 5.69 Å². The number of nitrogens with zero attached hydrogens (tertiary/aromatic N) is 2. The minimum atomic E-state index is -0.750. The Labute approximate surface area is 182 Å². The first-order valence-corrected chi connectivity index (χ1v) is 9.96. The number of fused-ring (bicyclic) bond motifs is 3. The van der Waals surface area contributed by atoms with E-state index in [4.69, 9.17) is 18.3 Å². The smallest absolute Gasteiger partial charge is 0.265 e. The first-order valence-electron chi connectivity index (χ1n) is 9.96. The van der Waals surface area contributed by atoms with Gasteiger partial charge in [-0.15, -0.1) is 10.2 Å². The Morgan fingerprint density at radius 2 is 1.84 bits per heavy atom. The summed E-state index contributed by atoms with van der Waals surface area (Å²) in [5.74, 6) is 1.17. The third-order valence-corrected chi connectivity index (χ3v) is 5.10. The number of nitrogens with one attached hydrogen (secondary N) is 1. The van der Waals surface area contributed by atoms with Crippen molar-refractivity contribution in [3.8, 4) is 23.0 Å². The van der Waals surface area contributed by atoms with Crippen LogP contribution in [-0.4, -0.2) is 29.3 Å². The Balaban J connectivity index is 1.34. The van der Waals surface area contributed by atoms with Crippen LogP contribution in [-0.2, 0) is 4.79 Å². The van der Waals surface area contributed by atoms with E-state index < -0.39 is 6.10 Å². The van der Waals surface area contributed by atoms with Crippen molar-refractivity contribution in [2.75, 3.05) is 12.4 Å². The summed E-state index contributed by atoms with van der Waals surface area (Å²) < 4.78 is 22.4. The van der Waals surface area contributed by atoms with Crippen molar-refractivity contribution in [1.29, 1.82) is 0 Å². The molecule has 1 atom stereocenters. The van der Waals surface area contributed by atoms with Gasteiger partial charge < -0.3 is 23.6 Å². The molecule has 8 heteroatoms. The molecule has 3 aromatic carbocycles. The third kappa shape index (κ3) is 3.62. The summed E-state index contributed by atoms with van der Waals surface area (Å²) in [6.07, 6.45) is 0.517. The number of anilines is 1. The number of aromatic nitrogens is 2. The topological polar surface area (TPSA) is 99.6 Å². The van der Waals surface area contributed by atoms with E-state index in [1.54, 1.807) is 44.4 Å². The van der Waals surface area contributed by atoms with Crippen molar-refractivity contribution in [1.82, 2.24) is 10.2 Å². The molecule has 0 saturated carbocycles. The molecule has 2 heterocycles. The number of carbonyl (C=O) groups excluding carboxylic acids is 1. The maximum Gasteiger partial charge on any atom is 0.265 e. The van der Waals surface area contributed by atoms with E-state index in [1.807, 2.05) is 30.3 Å². The molecule has 0 fully saturated rings. The summed E-state index contributed by atoms with van der Waals surface area (Å²) in [5, 5.41) is 12.3. The van der Waals surface area contributed by atoms with Crippen molar-refractivity contribution in [3.63, 3.8) is 0 Å². The Hall–Kier alpha value is -4.33. The highest BCUT2D eigenvalue weighted by atomic mass is 16.5. The minimum absolute atomic E-state index is 0.320. The lowest BCUT2D eigenvalue weighted by Gasteiger charge is -2.16. The summed E-state index contributed by atoms with van der Waals surface area (Å²) in [6.45, 7) is 1.67. The average molecular weight is 429 g/mol. The number of methoxy groups -OCH3 is 1. The number of hydrogen-bond acceptors (Lipinski definition) is 7. The van der Waals surface area contributed by atoms with E-state index >= 15 is 0 Å². The second-order valence-corrected chi connectivity index (χ2v) is 7.16. The van der Waals surface area contributed by atoms with Crippen molar-refractivity contribution in [3.05, 3.63) is 67.1 Å². The predicted octanol–water partition coefficient (Wildman–Crippen LogP) is 5.05. The number of para-hydroxylation sites is 1. The number of rotatable bonds is 6. The summed E-state index contributed by atoms with van der Waals surface area (Å²) >= 11 is 0. The van der Waals surface area contributed by atoms with Gasteiger partial charge in [-0.2, -0.15) is 0 Å². The maximum atomic E-state index is 12.8. The van der Waals surface area contributed by atoms with Crippen molar-refractivity contribution >= 4 is 33.5 Å². The molecule has 0 saturated heterocycles. The Morgan fingerprint density at radius 3 is 2.59 bits per heavy atom. The lowest BCUT2D eigenvalue weighted by Crippen LogP contribution is -2.30. The number of ether oxygens (including phenoxy) is 2. The van der Waals surface area contributed by atoms with Gasteiger partial charge in [0.2, 0.25) is 12.3 Å². The molecular formula is C24H19N3O5.